The zero-order valence-corrected chi connectivity index (χ0v) is 9.75. The molecule has 0 aromatic heterocycles. The van der Waals surface area contributed by atoms with Gasteiger partial charge in [-0.15, -0.1) is 11.8 Å². The Kier molecular flexibility index (Phi) is 5.42. The molecule has 0 saturated heterocycles. The normalized spacial score (nSPS) is 9.56. The van der Waals surface area contributed by atoms with Crippen LogP contribution in [-0.2, 0) is 14.3 Å². The first-order valence-electron chi connectivity index (χ1n) is 4.72. The highest BCUT2D eigenvalue weighted by Gasteiger charge is 2.05. The number of anilines is 1. The quantitative estimate of drug-likeness (QED) is 0.792. The van der Waals surface area contributed by atoms with Crippen molar-refractivity contribution in [2.45, 2.75) is 0 Å². The third-order valence-electron chi connectivity index (χ3n) is 1.74. The summed E-state index contributed by atoms with van der Waals surface area (Å²) >= 11 is 1.23. The Hall–Kier alpha value is -1.49. The number of hydrogen-bond acceptors (Lipinski definition) is 4. The van der Waals surface area contributed by atoms with Crippen molar-refractivity contribution < 1.29 is 14.3 Å². The number of benzene rings is 1. The third-order valence-corrected chi connectivity index (χ3v) is 2.64. The van der Waals surface area contributed by atoms with E-state index in [0.29, 0.717) is 0 Å². The van der Waals surface area contributed by atoms with Gasteiger partial charge in [0.1, 0.15) is 0 Å². The summed E-state index contributed by atoms with van der Waals surface area (Å²) in [5.41, 5.74) is 0.756. The number of methoxy groups -OCH3 is 1. The summed E-state index contributed by atoms with van der Waals surface area (Å²) in [5.74, 6) is -0.0134. The third kappa shape index (κ3) is 4.84. The highest BCUT2D eigenvalue weighted by molar-refractivity contribution is 8.00. The summed E-state index contributed by atoms with van der Waals surface area (Å²) < 4.78 is 4.46. The number of esters is 1. The van der Waals surface area contributed by atoms with Crippen molar-refractivity contribution in [1.82, 2.24) is 0 Å². The molecule has 0 aliphatic rings. The lowest BCUT2D eigenvalue weighted by Gasteiger charge is -2.04. The monoisotopic (exact) mass is 239 g/mol. The molecule has 0 radical (unpaired) electrons. The minimum Gasteiger partial charge on any atom is -0.468 e. The maximum Gasteiger partial charge on any atom is 0.315 e. The van der Waals surface area contributed by atoms with Crippen molar-refractivity contribution >= 4 is 29.3 Å². The lowest BCUT2D eigenvalue weighted by molar-refractivity contribution is -0.137. The minimum atomic E-state index is -0.322. The van der Waals surface area contributed by atoms with Gasteiger partial charge in [0.25, 0.3) is 0 Å². The largest absolute Gasteiger partial charge is 0.468 e. The molecule has 0 bridgehead atoms. The van der Waals surface area contributed by atoms with E-state index in [2.05, 4.69) is 10.1 Å². The van der Waals surface area contributed by atoms with Gasteiger partial charge >= 0.3 is 5.97 Å². The number of amides is 1. The molecule has 0 aliphatic carbocycles. The van der Waals surface area contributed by atoms with E-state index in [9.17, 15) is 9.59 Å². The van der Waals surface area contributed by atoms with Gasteiger partial charge in [0.2, 0.25) is 5.91 Å². The van der Waals surface area contributed by atoms with Gasteiger partial charge in [-0.2, -0.15) is 0 Å². The van der Waals surface area contributed by atoms with Crippen LogP contribution in [0.3, 0.4) is 0 Å². The second-order valence-electron chi connectivity index (χ2n) is 2.98. The molecule has 16 heavy (non-hydrogen) atoms. The molecule has 0 aliphatic heterocycles. The fourth-order valence-corrected chi connectivity index (χ4v) is 1.65. The Morgan fingerprint density at radius 3 is 2.56 bits per heavy atom. The molecule has 1 aromatic rings. The molecule has 1 aromatic carbocycles. The van der Waals surface area contributed by atoms with Crippen LogP contribution < -0.4 is 5.32 Å². The van der Waals surface area contributed by atoms with E-state index in [4.69, 9.17) is 0 Å². The molecule has 1 amide bonds. The predicted molar refractivity (Wildman–Crippen MR) is 64.4 cm³/mol. The summed E-state index contributed by atoms with van der Waals surface area (Å²) in [6, 6.07) is 9.18. The SMILES string of the molecule is COC(=O)CSCC(=O)Nc1ccccc1. The predicted octanol–water partition coefficient (Wildman–Crippen LogP) is 1.53. The Bertz CT molecular complexity index is 354. The highest BCUT2D eigenvalue weighted by atomic mass is 32.2. The van der Waals surface area contributed by atoms with Gasteiger partial charge in [0.15, 0.2) is 0 Å². The summed E-state index contributed by atoms with van der Waals surface area (Å²) in [4.78, 5) is 22.2. The molecule has 0 saturated carbocycles. The standard InChI is InChI=1S/C11H13NO3S/c1-15-11(14)8-16-7-10(13)12-9-5-3-2-4-6-9/h2-6H,7-8H2,1H3,(H,12,13). The van der Waals surface area contributed by atoms with Gasteiger partial charge in [-0.3, -0.25) is 9.59 Å². The maximum atomic E-state index is 11.4. The molecule has 0 atom stereocenters. The lowest BCUT2D eigenvalue weighted by Crippen LogP contribution is -2.15. The molecule has 5 heteroatoms. The van der Waals surface area contributed by atoms with Gasteiger partial charge < -0.3 is 10.1 Å². The summed E-state index contributed by atoms with van der Waals surface area (Å²) in [5, 5.41) is 2.72. The number of ether oxygens (including phenoxy) is 1. The molecule has 0 spiro atoms. The van der Waals surface area contributed by atoms with Crippen molar-refractivity contribution in [2.24, 2.45) is 0 Å². The average Bonchev–Trinajstić information content (AvgIpc) is 2.30. The van der Waals surface area contributed by atoms with E-state index in [1.165, 1.54) is 18.9 Å². The van der Waals surface area contributed by atoms with Crippen LogP contribution >= 0.6 is 11.8 Å². The van der Waals surface area contributed by atoms with E-state index in [1.807, 2.05) is 30.3 Å². The Morgan fingerprint density at radius 1 is 1.25 bits per heavy atom. The van der Waals surface area contributed by atoms with Crippen LogP contribution in [0.5, 0.6) is 0 Å². The fraction of sp³-hybridized carbons (Fsp3) is 0.273. The van der Waals surface area contributed by atoms with E-state index >= 15 is 0 Å². The Labute approximate surface area is 98.4 Å². The molecular weight excluding hydrogens is 226 g/mol. The van der Waals surface area contributed by atoms with Gasteiger partial charge in [-0.25, -0.2) is 0 Å². The first kappa shape index (κ1) is 12.6. The lowest BCUT2D eigenvalue weighted by atomic mass is 10.3. The van der Waals surface area contributed by atoms with Crippen LogP contribution in [-0.4, -0.2) is 30.5 Å². The molecule has 0 heterocycles. The second-order valence-corrected chi connectivity index (χ2v) is 3.97. The number of rotatable bonds is 5. The molecule has 1 N–H and O–H groups in total. The van der Waals surface area contributed by atoms with E-state index in [-0.39, 0.29) is 23.4 Å². The molecule has 1 rings (SSSR count). The summed E-state index contributed by atoms with van der Waals surface area (Å²) in [7, 11) is 1.33. The number of carbonyl (C=O) groups is 2. The minimum absolute atomic E-state index is 0.125. The zero-order valence-electron chi connectivity index (χ0n) is 8.93. The van der Waals surface area contributed by atoms with Crippen LogP contribution in [0.4, 0.5) is 5.69 Å². The molecule has 4 nitrogen and oxygen atoms in total. The van der Waals surface area contributed by atoms with Crippen molar-refractivity contribution in [3.05, 3.63) is 30.3 Å². The number of para-hydroxylation sites is 1. The molecular formula is C11H13NO3S. The number of carbonyl (C=O) groups excluding carboxylic acids is 2. The number of hydrogen-bond donors (Lipinski definition) is 1. The van der Waals surface area contributed by atoms with Crippen molar-refractivity contribution in [2.75, 3.05) is 23.9 Å². The van der Waals surface area contributed by atoms with Gasteiger partial charge in [0, 0.05) is 5.69 Å². The van der Waals surface area contributed by atoms with Gasteiger partial charge in [0.05, 0.1) is 18.6 Å². The van der Waals surface area contributed by atoms with Crippen molar-refractivity contribution in [1.29, 1.82) is 0 Å². The first-order valence-corrected chi connectivity index (χ1v) is 5.87. The molecule has 0 unspecified atom stereocenters. The van der Waals surface area contributed by atoms with Crippen molar-refractivity contribution in [3.63, 3.8) is 0 Å². The smallest absolute Gasteiger partial charge is 0.315 e. The second kappa shape index (κ2) is 6.90. The van der Waals surface area contributed by atoms with Gasteiger partial charge in [-0.05, 0) is 12.1 Å². The fourth-order valence-electron chi connectivity index (χ4n) is 1.00. The van der Waals surface area contributed by atoms with Crippen molar-refractivity contribution in [3.8, 4) is 0 Å². The summed E-state index contributed by atoms with van der Waals surface area (Å²) in [6.07, 6.45) is 0. The maximum absolute atomic E-state index is 11.4. The number of nitrogens with one attached hydrogen (secondary N) is 1. The topological polar surface area (TPSA) is 55.4 Å². The highest BCUT2D eigenvalue weighted by Crippen LogP contribution is 2.07. The number of thioether (sulfide) groups is 1. The zero-order chi connectivity index (χ0) is 11.8. The first-order chi connectivity index (χ1) is 7.72. The van der Waals surface area contributed by atoms with Gasteiger partial charge in [-0.1, -0.05) is 18.2 Å². The average molecular weight is 239 g/mol. The van der Waals surface area contributed by atoms with Crippen LogP contribution in [0, 0.1) is 0 Å². The molecule has 0 fully saturated rings. The Morgan fingerprint density at radius 2 is 1.94 bits per heavy atom. The Balaban J connectivity index is 2.24. The molecule has 86 valence electrons. The van der Waals surface area contributed by atoms with Crippen LogP contribution in [0.15, 0.2) is 30.3 Å². The van der Waals surface area contributed by atoms with Crippen LogP contribution in [0.1, 0.15) is 0 Å². The van der Waals surface area contributed by atoms with Crippen LogP contribution in [0.25, 0.3) is 0 Å². The van der Waals surface area contributed by atoms with Crippen LogP contribution in [0.2, 0.25) is 0 Å². The summed E-state index contributed by atoms with van der Waals surface area (Å²) in [6.45, 7) is 0. The van der Waals surface area contributed by atoms with E-state index in [0.717, 1.165) is 5.69 Å². The van der Waals surface area contributed by atoms with E-state index in [1.54, 1.807) is 0 Å². The van der Waals surface area contributed by atoms with E-state index < -0.39 is 0 Å².